The van der Waals surface area contributed by atoms with Crippen molar-refractivity contribution in [1.29, 1.82) is 0 Å². The molecule has 22 heavy (non-hydrogen) atoms. The summed E-state index contributed by atoms with van der Waals surface area (Å²) in [5.74, 6) is 0.473. The lowest BCUT2D eigenvalue weighted by Crippen LogP contribution is -2.19. The Morgan fingerprint density at radius 2 is 2.00 bits per heavy atom. The predicted molar refractivity (Wildman–Crippen MR) is 85.3 cm³/mol. The second-order valence-electron chi connectivity index (χ2n) is 5.43. The third-order valence-corrected chi connectivity index (χ3v) is 3.74. The summed E-state index contributed by atoms with van der Waals surface area (Å²) in [4.78, 5) is 0. The van der Waals surface area contributed by atoms with E-state index in [4.69, 9.17) is 9.84 Å². The van der Waals surface area contributed by atoms with Gasteiger partial charge in [-0.15, -0.1) is 0 Å². The van der Waals surface area contributed by atoms with Crippen LogP contribution in [-0.4, -0.2) is 12.2 Å². The van der Waals surface area contributed by atoms with Gasteiger partial charge in [-0.2, -0.15) is 0 Å². The van der Waals surface area contributed by atoms with Crippen LogP contribution in [0.1, 0.15) is 35.2 Å². The van der Waals surface area contributed by atoms with Crippen LogP contribution in [0, 0.1) is 12.7 Å². The Balaban J connectivity index is 2.10. The second-order valence-corrected chi connectivity index (χ2v) is 5.43. The van der Waals surface area contributed by atoms with Gasteiger partial charge in [-0.3, -0.25) is 0 Å². The monoisotopic (exact) mass is 303 g/mol. The fraction of sp³-hybridized carbons (Fsp3) is 0.333. The van der Waals surface area contributed by atoms with Crippen LogP contribution in [0.5, 0.6) is 5.75 Å². The molecule has 0 bridgehead atoms. The maximum absolute atomic E-state index is 13.4. The van der Waals surface area contributed by atoms with E-state index < -0.39 is 0 Å². The van der Waals surface area contributed by atoms with E-state index in [-0.39, 0.29) is 18.5 Å². The molecule has 2 aromatic carbocycles. The normalized spacial score (nSPS) is 12.2. The molecule has 0 aliphatic heterocycles. The van der Waals surface area contributed by atoms with E-state index in [1.165, 1.54) is 11.6 Å². The Bertz CT molecular complexity index is 643. The van der Waals surface area contributed by atoms with Crippen LogP contribution in [0.15, 0.2) is 36.4 Å². The number of aryl methyl sites for hydroxylation is 1. The molecule has 0 aliphatic carbocycles. The van der Waals surface area contributed by atoms with Crippen LogP contribution in [-0.2, 0) is 13.2 Å². The van der Waals surface area contributed by atoms with E-state index in [9.17, 15) is 4.39 Å². The summed E-state index contributed by atoms with van der Waals surface area (Å²) in [6.45, 7) is 4.41. The second kappa shape index (κ2) is 7.38. The highest BCUT2D eigenvalue weighted by Crippen LogP contribution is 2.26. The minimum absolute atomic E-state index is 0.0949. The van der Waals surface area contributed by atoms with Crippen LogP contribution in [0.4, 0.5) is 4.39 Å². The molecule has 4 heteroatoms. The highest BCUT2D eigenvalue weighted by molar-refractivity contribution is 5.39. The summed E-state index contributed by atoms with van der Waals surface area (Å²) < 4.78 is 18.8. The summed E-state index contributed by atoms with van der Waals surface area (Å²) in [5.41, 5.74) is 3.52. The Kier molecular flexibility index (Phi) is 5.52. The lowest BCUT2D eigenvalue weighted by Gasteiger charge is -2.18. The van der Waals surface area contributed by atoms with Gasteiger partial charge >= 0.3 is 0 Å². The first kappa shape index (κ1) is 16.5. The van der Waals surface area contributed by atoms with Crippen LogP contribution >= 0.6 is 0 Å². The Labute approximate surface area is 130 Å². The number of aliphatic hydroxyl groups is 1. The first-order valence-electron chi connectivity index (χ1n) is 7.31. The fourth-order valence-corrected chi connectivity index (χ4v) is 2.43. The van der Waals surface area contributed by atoms with Crippen molar-refractivity contribution in [1.82, 2.24) is 5.32 Å². The average molecular weight is 303 g/mol. The maximum atomic E-state index is 13.4. The van der Waals surface area contributed by atoms with Gasteiger partial charge in [0.1, 0.15) is 11.6 Å². The summed E-state index contributed by atoms with van der Waals surface area (Å²) >= 11 is 0. The van der Waals surface area contributed by atoms with E-state index in [0.29, 0.717) is 12.1 Å². The number of nitrogens with one attached hydrogen (secondary N) is 1. The first-order valence-corrected chi connectivity index (χ1v) is 7.31. The molecule has 0 aromatic heterocycles. The highest BCUT2D eigenvalue weighted by Gasteiger charge is 2.11. The zero-order chi connectivity index (χ0) is 16.1. The molecule has 0 heterocycles. The average Bonchev–Trinajstić information content (AvgIpc) is 2.53. The van der Waals surface area contributed by atoms with Crippen molar-refractivity contribution in [2.24, 2.45) is 0 Å². The lowest BCUT2D eigenvalue weighted by molar-refractivity contribution is 0.275. The van der Waals surface area contributed by atoms with Gasteiger partial charge < -0.3 is 15.2 Å². The zero-order valence-electron chi connectivity index (χ0n) is 13.2. The number of halogens is 1. The van der Waals surface area contributed by atoms with E-state index in [2.05, 4.69) is 18.3 Å². The van der Waals surface area contributed by atoms with Crippen molar-refractivity contribution in [3.8, 4) is 5.75 Å². The van der Waals surface area contributed by atoms with Gasteiger partial charge in [0, 0.05) is 23.7 Å². The summed E-state index contributed by atoms with van der Waals surface area (Å²) in [6, 6.07) is 11.0. The minimum Gasteiger partial charge on any atom is -0.496 e. The van der Waals surface area contributed by atoms with Gasteiger partial charge in [-0.05, 0) is 37.6 Å². The van der Waals surface area contributed by atoms with Crippen LogP contribution in [0.25, 0.3) is 0 Å². The van der Waals surface area contributed by atoms with Gasteiger partial charge in [-0.1, -0.05) is 23.8 Å². The van der Waals surface area contributed by atoms with Crippen molar-refractivity contribution in [3.05, 3.63) is 64.5 Å². The number of benzene rings is 2. The minimum atomic E-state index is -0.375. The Hall–Kier alpha value is -1.91. The zero-order valence-corrected chi connectivity index (χ0v) is 13.2. The molecular weight excluding hydrogens is 281 g/mol. The number of rotatable bonds is 6. The van der Waals surface area contributed by atoms with Crippen molar-refractivity contribution < 1.29 is 14.2 Å². The molecule has 2 aromatic rings. The van der Waals surface area contributed by atoms with Crippen molar-refractivity contribution >= 4 is 0 Å². The molecule has 2 N–H and O–H groups in total. The van der Waals surface area contributed by atoms with Crippen LogP contribution in [0.3, 0.4) is 0 Å². The molecule has 1 unspecified atom stereocenters. The fourth-order valence-electron chi connectivity index (χ4n) is 2.43. The third kappa shape index (κ3) is 3.84. The van der Waals surface area contributed by atoms with Gasteiger partial charge in [0.05, 0.1) is 13.7 Å². The number of hydrogen-bond donors (Lipinski definition) is 2. The van der Waals surface area contributed by atoms with Gasteiger partial charge in [0.15, 0.2) is 0 Å². The molecule has 118 valence electrons. The molecule has 2 rings (SSSR count). The molecular formula is C18H22FNO2. The number of aliphatic hydroxyl groups excluding tert-OH is 1. The van der Waals surface area contributed by atoms with E-state index in [0.717, 1.165) is 16.9 Å². The Morgan fingerprint density at radius 3 is 2.68 bits per heavy atom. The van der Waals surface area contributed by atoms with Crippen molar-refractivity contribution in [3.63, 3.8) is 0 Å². The molecule has 0 spiro atoms. The number of methoxy groups -OCH3 is 1. The molecule has 0 aliphatic rings. The van der Waals surface area contributed by atoms with E-state index in [1.54, 1.807) is 19.2 Å². The SMILES string of the molecule is COc1ccc(C)cc1C(C)NCc1ccc(F)c(CO)c1. The lowest BCUT2D eigenvalue weighted by atomic mass is 10.0. The van der Waals surface area contributed by atoms with Crippen LogP contribution in [0.2, 0.25) is 0 Å². The largest absolute Gasteiger partial charge is 0.496 e. The quantitative estimate of drug-likeness (QED) is 0.858. The summed E-state index contributed by atoms with van der Waals surface area (Å²) in [5, 5.41) is 12.5. The third-order valence-electron chi connectivity index (χ3n) is 3.74. The summed E-state index contributed by atoms with van der Waals surface area (Å²) in [6.07, 6.45) is 0. The van der Waals surface area contributed by atoms with Crippen LogP contribution < -0.4 is 10.1 Å². The molecule has 0 fully saturated rings. The Morgan fingerprint density at radius 1 is 1.23 bits per heavy atom. The highest BCUT2D eigenvalue weighted by atomic mass is 19.1. The number of ether oxygens (including phenoxy) is 1. The first-order chi connectivity index (χ1) is 10.5. The molecule has 3 nitrogen and oxygen atoms in total. The predicted octanol–water partition coefficient (Wildman–Crippen LogP) is 3.49. The molecule has 1 atom stereocenters. The standard InChI is InChI=1S/C18H22FNO2/c1-12-4-7-18(22-3)16(8-12)13(2)20-10-14-5-6-17(19)15(9-14)11-21/h4-9,13,20-21H,10-11H2,1-3H3. The van der Waals surface area contributed by atoms with Crippen molar-refractivity contribution in [2.75, 3.05) is 7.11 Å². The molecule has 0 saturated heterocycles. The van der Waals surface area contributed by atoms with E-state index >= 15 is 0 Å². The molecule has 0 saturated carbocycles. The molecule has 0 radical (unpaired) electrons. The summed E-state index contributed by atoms with van der Waals surface area (Å²) in [7, 11) is 1.66. The molecule has 0 amide bonds. The topological polar surface area (TPSA) is 41.5 Å². The smallest absolute Gasteiger partial charge is 0.128 e. The van der Waals surface area contributed by atoms with Gasteiger partial charge in [0.2, 0.25) is 0 Å². The van der Waals surface area contributed by atoms with E-state index in [1.807, 2.05) is 19.1 Å². The van der Waals surface area contributed by atoms with Gasteiger partial charge in [-0.25, -0.2) is 4.39 Å². The van der Waals surface area contributed by atoms with Gasteiger partial charge in [0.25, 0.3) is 0 Å². The number of hydrogen-bond acceptors (Lipinski definition) is 3. The van der Waals surface area contributed by atoms with Crippen molar-refractivity contribution in [2.45, 2.75) is 33.0 Å². The maximum Gasteiger partial charge on any atom is 0.128 e.